The molecular weight excluding hydrogens is 236 g/mol. The van der Waals surface area contributed by atoms with Crippen LogP contribution in [0.2, 0.25) is 0 Å². The summed E-state index contributed by atoms with van der Waals surface area (Å²) in [5, 5.41) is 3.44. The topological polar surface area (TPSA) is 24.5 Å². The van der Waals surface area contributed by atoms with Gasteiger partial charge in [-0.1, -0.05) is 18.6 Å². The molecule has 2 heterocycles. The van der Waals surface area contributed by atoms with Crippen LogP contribution in [0.15, 0.2) is 18.2 Å². The highest BCUT2D eigenvalue weighted by Crippen LogP contribution is 2.34. The SMILES string of the molecule is CN1CCCCC1(C)COc1cccc2c1NCC2. The van der Waals surface area contributed by atoms with Gasteiger partial charge in [0.25, 0.3) is 0 Å². The smallest absolute Gasteiger partial charge is 0.142 e. The summed E-state index contributed by atoms with van der Waals surface area (Å²) in [4.78, 5) is 2.45. The second kappa shape index (κ2) is 5.04. The van der Waals surface area contributed by atoms with E-state index in [2.05, 4.69) is 42.4 Å². The summed E-state index contributed by atoms with van der Waals surface area (Å²) in [6, 6.07) is 6.38. The zero-order valence-corrected chi connectivity index (χ0v) is 12.0. The zero-order valence-electron chi connectivity index (χ0n) is 12.0. The van der Waals surface area contributed by atoms with Crippen molar-refractivity contribution in [2.75, 3.05) is 32.1 Å². The highest BCUT2D eigenvalue weighted by Gasteiger charge is 2.32. The first-order valence-electron chi connectivity index (χ1n) is 7.39. The molecule has 0 radical (unpaired) electrons. The first-order valence-corrected chi connectivity index (χ1v) is 7.39. The quantitative estimate of drug-likeness (QED) is 0.904. The summed E-state index contributed by atoms with van der Waals surface area (Å²) in [6.45, 7) is 5.32. The third-order valence-electron chi connectivity index (χ3n) is 4.73. The molecule has 2 aliphatic heterocycles. The van der Waals surface area contributed by atoms with Crippen molar-refractivity contribution in [2.45, 2.75) is 38.1 Å². The number of benzene rings is 1. The van der Waals surface area contributed by atoms with E-state index >= 15 is 0 Å². The molecule has 3 nitrogen and oxygen atoms in total. The summed E-state index contributed by atoms with van der Waals surface area (Å²) in [5.41, 5.74) is 2.78. The molecule has 0 aromatic heterocycles. The van der Waals surface area contributed by atoms with Gasteiger partial charge in [-0.15, -0.1) is 0 Å². The maximum atomic E-state index is 6.16. The van der Waals surface area contributed by atoms with Crippen LogP contribution >= 0.6 is 0 Å². The summed E-state index contributed by atoms with van der Waals surface area (Å²) in [7, 11) is 2.22. The average Bonchev–Trinajstić information content (AvgIpc) is 2.89. The van der Waals surface area contributed by atoms with Gasteiger partial charge in [0.15, 0.2) is 0 Å². The van der Waals surface area contributed by atoms with Crippen molar-refractivity contribution in [2.24, 2.45) is 0 Å². The van der Waals surface area contributed by atoms with E-state index in [1.807, 2.05) is 0 Å². The number of piperidine rings is 1. The number of nitrogens with zero attached hydrogens (tertiary/aromatic N) is 1. The average molecular weight is 260 g/mol. The lowest BCUT2D eigenvalue weighted by molar-refractivity contribution is 0.0423. The Kier molecular flexibility index (Phi) is 3.40. The lowest BCUT2D eigenvalue weighted by Gasteiger charge is -2.42. The van der Waals surface area contributed by atoms with Crippen molar-refractivity contribution in [3.8, 4) is 5.75 Å². The summed E-state index contributed by atoms with van der Waals surface area (Å²) in [6.07, 6.45) is 4.97. The van der Waals surface area contributed by atoms with Crippen molar-refractivity contribution in [3.05, 3.63) is 23.8 Å². The molecule has 0 saturated carbocycles. The van der Waals surface area contributed by atoms with Gasteiger partial charge in [0.1, 0.15) is 12.4 Å². The fraction of sp³-hybridized carbons (Fsp3) is 0.625. The van der Waals surface area contributed by atoms with E-state index < -0.39 is 0 Å². The number of anilines is 1. The van der Waals surface area contributed by atoms with Gasteiger partial charge in [0.2, 0.25) is 0 Å². The molecule has 1 N–H and O–H groups in total. The maximum Gasteiger partial charge on any atom is 0.142 e. The third-order valence-corrected chi connectivity index (χ3v) is 4.73. The van der Waals surface area contributed by atoms with Gasteiger partial charge in [-0.05, 0) is 51.4 Å². The Hall–Kier alpha value is -1.22. The molecule has 1 atom stereocenters. The first-order chi connectivity index (χ1) is 9.19. The lowest BCUT2D eigenvalue weighted by atomic mass is 9.90. The minimum absolute atomic E-state index is 0.180. The number of likely N-dealkylation sites (N-methyl/N-ethyl adjacent to an activating group) is 1. The van der Waals surface area contributed by atoms with Crippen molar-refractivity contribution in [1.29, 1.82) is 0 Å². The van der Waals surface area contributed by atoms with E-state index in [9.17, 15) is 0 Å². The maximum absolute atomic E-state index is 6.16. The highest BCUT2D eigenvalue weighted by molar-refractivity contribution is 5.65. The predicted molar refractivity (Wildman–Crippen MR) is 79.0 cm³/mol. The number of likely N-dealkylation sites (tertiary alicyclic amines) is 1. The predicted octanol–water partition coefficient (Wildman–Crippen LogP) is 2.91. The van der Waals surface area contributed by atoms with Crippen LogP contribution in [0.4, 0.5) is 5.69 Å². The van der Waals surface area contributed by atoms with Gasteiger partial charge >= 0.3 is 0 Å². The number of hydrogen-bond acceptors (Lipinski definition) is 3. The van der Waals surface area contributed by atoms with Crippen molar-refractivity contribution in [3.63, 3.8) is 0 Å². The van der Waals surface area contributed by atoms with E-state index in [0.29, 0.717) is 0 Å². The number of fused-ring (bicyclic) bond motifs is 1. The van der Waals surface area contributed by atoms with Crippen LogP contribution in [0.5, 0.6) is 5.75 Å². The molecule has 1 fully saturated rings. The van der Waals surface area contributed by atoms with Crippen LogP contribution in [0, 0.1) is 0 Å². The number of hydrogen-bond donors (Lipinski definition) is 1. The number of ether oxygens (including phenoxy) is 1. The van der Waals surface area contributed by atoms with E-state index in [1.165, 1.54) is 37.1 Å². The summed E-state index contributed by atoms with van der Waals surface area (Å²) >= 11 is 0. The van der Waals surface area contributed by atoms with Crippen LogP contribution in [-0.2, 0) is 6.42 Å². The minimum atomic E-state index is 0.180. The van der Waals surface area contributed by atoms with Gasteiger partial charge in [0.05, 0.1) is 11.2 Å². The first kappa shape index (κ1) is 12.8. The molecular formula is C16H24N2O. The molecule has 0 spiro atoms. The van der Waals surface area contributed by atoms with E-state index in [1.54, 1.807) is 0 Å². The van der Waals surface area contributed by atoms with Crippen LogP contribution in [0.25, 0.3) is 0 Å². The number of para-hydroxylation sites is 1. The largest absolute Gasteiger partial charge is 0.489 e. The highest BCUT2D eigenvalue weighted by atomic mass is 16.5. The molecule has 104 valence electrons. The van der Waals surface area contributed by atoms with Gasteiger partial charge in [-0.25, -0.2) is 0 Å². The van der Waals surface area contributed by atoms with E-state index in [-0.39, 0.29) is 5.54 Å². The molecule has 1 unspecified atom stereocenters. The molecule has 2 aliphatic rings. The fourth-order valence-corrected chi connectivity index (χ4v) is 3.16. The normalized spacial score (nSPS) is 26.8. The Morgan fingerprint density at radius 1 is 1.37 bits per heavy atom. The Balaban J connectivity index is 1.71. The molecule has 1 aromatic rings. The Morgan fingerprint density at radius 2 is 2.26 bits per heavy atom. The molecule has 19 heavy (non-hydrogen) atoms. The van der Waals surface area contributed by atoms with Gasteiger partial charge in [-0.3, -0.25) is 4.90 Å². The Bertz CT molecular complexity index is 460. The van der Waals surface area contributed by atoms with Crippen molar-refractivity contribution < 1.29 is 4.74 Å². The van der Waals surface area contributed by atoms with Crippen LogP contribution < -0.4 is 10.1 Å². The third kappa shape index (κ3) is 2.44. The number of rotatable bonds is 3. The van der Waals surface area contributed by atoms with E-state index in [0.717, 1.165) is 25.3 Å². The van der Waals surface area contributed by atoms with Gasteiger partial charge in [0, 0.05) is 6.54 Å². The zero-order chi connectivity index (χ0) is 13.3. The molecule has 0 aliphatic carbocycles. The Labute approximate surface area is 115 Å². The summed E-state index contributed by atoms with van der Waals surface area (Å²) < 4.78 is 6.16. The van der Waals surface area contributed by atoms with Crippen molar-refractivity contribution >= 4 is 5.69 Å². The summed E-state index contributed by atoms with van der Waals surface area (Å²) in [5.74, 6) is 1.02. The number of nitrogens with one attached hydrogen (secondary N) is 1. The Morgan fingerprint density at radius 3 is 3.11 bits per heavy atom. The molecule has 1 aromatic carbocycles. The molecule has 0 bridgehead atoms. The van der Waals surface area contributed by atoms with Crippen LogP contribution in [0.3, 0.4) is 0 Å². The van der Waals surface area contributed by atoms with Gasteiger partial charge in [-0.2, -0.15) is 0 Å². The molecule has 0 amide bonds. The van der Waals surface area contributed by atoms with Crippen LogP contribution in [0.1, 0.15) is 31.7 Å². The monoisotopic (exact) mass is 260 g/mol. The fourth-order valence-electron chi connectivity index (χ4n) is 3.16. The second-order valence-corrected chi connectivity index (χ2v) is 6.13. The van der Waals surface area contributed by atoms with Gasteiger partial charge < -0.3 is 10.1 Å². The van der Waals surface area contributed by atoms with Crippen LogP contribution in [-0.4, -0.2) is 37.2 Å². The second-order valence-electron chi connectivity index (χ2n) is 6.13. The van der Waals surface area contributed by atoms with E-state index in [4.69, 9.17) is 4.74 Å². The lowest BCUT2D eigenvalue weighted by Crippen LogP contribution is -2.51. The standard InChI is InChI=1S/C16H24N2O/c1-16(9-3-4-11-18(16)2)12-19-14-7-5-6-13-8-10-17-15(13)14/h5-7,17H,3-4,8-12H2,1-2H3. The molecule has 1 saturated heterocycles. The minimum Gasteiger partial charge on any atom is -0.489 e. The molecule has 3 rings (SSSR count). The van der Waals surface area contributed by atoms with Crippen molar-refractivity contribution in [1.82, 2.24) is 4.90 Å². The molecule has 3 heteroatoms.